The molecule has 0 atom stereocenters. The molecule has 0 saturated carbocycles. The van der Waals surface area contributed by atoms with Crippen LogP contribution in [0.4, 0.5) is 4.39 Å². The van der Waals surface area contributed by atoms with Gasteiger partial charge in [-0.2, -0.15) is 11.8 Å². The highest BCUT2D eigenvalue weighted by Crippen LogP contribution is 2.16. The van der Waals surface area contributed by atoms with Crippen LogP contribution in [0.5, 0.6) is 0 Å². The Hall–Kier alpha value is -1.03. The van der Waals surface area contributed by atoms with E-state index in [1.165, 1.54) is 24.1 Å². The summed E-state index contributed by atoms with van der Waals surface area (Å²) in [6, 6.07) is 4.68. The van der Waals surface area contributed by atoms with Gasteiger partial charge in [-0.3, -0.25) is 0 Å². The first-order valence-electron chi connectivity index (χ1n) is 6.06. The molecule has 0 aromatic heterocycles. The van der Waals surface area contributed by atoms with E-state index < -0.39 is 9.84 Å². The summed E-state index contributed by atoms with van der Waals surface area (Å²) in [5.41, 5.74) is 1.21. The van der Waals surface area contributed by atoms with Crippen molar-refractivity contribution in [3.05, 3.63) is 35.1 Å². The maximum atomic E-state index is 13.5. The molecule has 3 nitrogen and oxygen atoms in total. The average Bonchev–Trinajstić information content (AvgIpc) is 2.37. The summed E-state index contributed by atoms with van der Waals surface area (Å²) in [6.45, 7) is -0.0460. The first kappa shape index (κ1) is 17.0. The number of hydrogen-bond acceptors (Lipinski definition) is 4. The second kappa shape index (κ2) is 8.30. The number of hydrogen-bond donors (Lipinski definition) is 1. The molecular formula is C14H17FO3S2. The molecule has 0 heterocycles. The lowest BCUT2D eigenvalue weighted by Crippen LogP contribution is -2.05. The highest BCUT2D eigenvalue weighted by Gasteiger charge is 2.04. The van der Waals surface area contributed by atoms with E-state index in [-0.39, 0.29) is 18.2 Å². The summed E-state index contributed by atoms with van der Waals surface area (Å²) >= 11 is 1.49. The van der Waals surface area contributed by atoms with E-state index >= 15 is 0 Å². The summed E-state index contributed by atoms with van der Waals surface area (Å²) in [6.07, 6.45) is 1.52. The molecular weight excluding hydrogens is 299 g/mol. The number of benzene rings is 1. The maximum absolute atomic E-state index is 13.5. The van der Waals surface area contributed by atoms with Gasteiger partial charge in [-0.1, -0.05) is 17.9 Å². The number of sulfone groups is 1. The number of thioether (sulfide) groups is 1. The molecule has 0 amide bonds. The predicted molar refractivity (Wildman–Crippen MR) is 80.9 cm³/mol. The summed E-state index contributed by atoms with van der Waals surface area (Å²) < 4.78 is 35.5. The zero-order chi connectivity index (χ0) is 15.0. The molecule has 0 aliphatic heterocycles. The summed E-state index contributed by atoms with van der Waals surface area (Å²) in [7, 11) is -2.94. The second-order valence-electron chi connectivity index (χ2n) is 4.27. The molecule has 0 bridgehead atoms. The smallest absolute Gasteiger partial charge is 0.148 e. The van der Waals surface area contributed by atoms with Gasteiger partial charge in [-0.15, -0.1) is 0 Å². The van der Waals surface area contributed by atoms with Crippen molar-refractivity contribution in [2.24, 2.45) is 0 Å². The molecule has 6 heteroatoms. The van der Waals surface area contributed by atoms with Crippen molar-refractivity contribution in [2.75, 3.05) is 24.4 Å². The van der Waals surface area contributed by atoms with Crippen LogP contribution in [0.1, 0.15) is 17.5 Å². The van der Waals surface area contributed by atoms with Crippen LogP contribution >= 0.6 is 11.8 Å². The molecule has 1 rings (SSSR count). The van der Waals surface area contributed by atoms with Crippen molar-refractivity contribution in [3.63, 3.8) is 0 Å². The fourth-order valence-electron chi connectivity index (χ4n) is 1.37. The van der Waals surface area contributed by atoms with Gasteiger partial charge in [0.05, 0.1) is 17.9 Å². The quantitative estimate of drug-likeness (QED) is 0.643. The molecule has 1 aromatic rings. The molecule has 0 saturated heterocycles. The molecule has 0 spiro atoms. The fourth-order valence-corrected chi connectivity index (χ4v) is 3.61. The molecule has 0 aliphatic rings. The van der Waals surface area contributed by atoms with Gasteiger partial charge in [0.2, 0.25) is 0 Å². The fraction of sp³-hybridized carbons (Fsp3) is 0.429. The zero-order valence-corrected chi connectivity index (χ0v) is 12.9. The van der Waals surface area contributed by atoms with Crippen LogP contribution in [0, 0.1) is 17.7 Å². The third kappa shape index (κ3) is 6.94. The van der Waals surface area contributed by atoms with Gasteiger partial charge < -0.3 is 5.11 Å². The molecule has 1 N–H and O–H groups in total. The van der Waals surface area contributed by atoms with Crippen molar-refractivity contribution < 1.29 is 17.9 Å². The number of rotatable bonds is 6. The van der Waals surface area contributed by atoms with Gasteiger partial charge >= 0.3 is 0 Å². The molecule has 110 valence electrons. The first-order chi connectivity index (χ1) is 9.42. The largest absolute Gasteiger partial charge is 0.395 e. The molecule has 0 fully saturated rings. The van der Waals surface area contributed by atoms with Crippen LogP contribution < -0.4 is 0 Å². The van der Waals surface area contributed by atoms with E-state index in [1.54, 1.807) is 12.1 Å². The zero-order valence-electron chi connectivity index (χ0n) is 11.2. The minimum Gasteiger partial charge on any atom is -0.395 e. The van der Waals surface area contributed by atoms with Gasteiger partial charge in [-0.05, 0) is 17.7 Å². The molecule has 1 aromatic carbocycles. The van der Waals surface area contributed by atoms with E-state index in [4.69, 9.17) is 5.11 Å². The van der Waals surface area contributed by atoms with E-state index in [0.717, 1.165) is 5.56 Å². The van der Waals surface area contributed by atoms with Gasteiger partial charge in [0.25, 0.3) is 0 Å². The number of aliphatic hydroxyl groups is 1. The normalized spacial score (nSPS) is 10.9. The summed E-state index contributed by atoms with van der Waals surface area (Å²) in [5, 5.41) is 8.63. The predicted octanol–water partition coefficient (Wildman–Crippen LogP) is 1.84. The van der Waals surface area contributed by atoms with Crippen molar-refractivity contribution in [2.45, 2.75) is 12.2 Å². The summed E-state index contributed by atoms with van der Waals surface area (Å²) in [5.74, 6) is 6.24. The summed E-state index contributed by atoms with van der Waals surface area (Å²) in [4.78, 5) is 0. The Morgan fingerprint density at radius 3 is 2.80 bits per heavy atom. The third-order valence-corrected chi connectivity index (χ3v) is 4.59. The SMILES string of the molecule is CS(=O)(=O)CCSCc1ccc(F)c(C#CCCO)c1. The highest BCUT2D eigenvalue weighted by atomic mass is 32.2. The molecule has 0 unspecified atom stereocenters. The lowest BCUT2D eigenvalue weighted by molar-refractivity contribution is 0.305. The van der Waals surface area contributed by atoms with Crippen LogP contribution in [0.2, 0.25) is 0 Å². The number of halogens is 1. The Labute approximate surface area is 123 Å². The van der Waals surface area contributed by atoms with Crippen molar-refractivity contribution >= 4 is 21.6 Å². The Morgan fingerprint density at radius 1 is 1.40 bits per heavy atom. The first-order valence-corrected chi connectivity index (χ1v) is 9.27. The van der Waals surface area contributed by atoms with E-state index in [2.05, 4.69) is 11.8 Å². The van der Waals surface area contributed by atoms with Crippen molar-refractivity contribution in [3.8, 4) is 11.8 Å². The van der Waals surface area contributed by atoms with Gasteiger partial charge in [-0.25, -0.2) is 12.8 Å². The van der Waals surface area contributed by atoms with Crippen LogP contribution in [0.15, 0.2) is 18.2 Å². The Morgan fingerprint density at radius 2 is 2.15 bits per heavy atom. The molecule has 20 heavy (non-hydrogen) atoms. The third-order valence-electron chi connectivity index (χ3n) is 2.36. The average molecular weight is 316 g/mol. The Kier molecular flexibility index (Phi) is 7.06. The highest BCUT2D eigenvalue weighted by molar-refractivity contribution is 7.99. The second-order valence-corrected chi connectivity index (χ2v) is 7.64. The monoisotopic (exact) mass is 316 g/mol. The van der Waals surface area contributed by atoms with E-state index in [1.807, 2.05) is 0 Å². The van der Waals surface area contributed by atoms with E-state index in [9.17, 15) is 12.8 Å². The van der Waals surface area contributed by atoms with Crippen LogP contribution in [0.3, 0.4) is 0 Å². The Bertz CT molecular complexity index is 601. The van der Waals surface area contributed by atoms with Crippen LogP contribution in [0.25, 0.3) is 0 Å². The minimum atomic E-state index is -2.94. The topological polar surface area (TPSA) is 54.4 Å². The van der Waals surface area contributed by atoms with Crippen LogP contribution in [-0.2, 0) is 15.6 Å². The molecule has 0 radical (unpaired) electrons. The Balaban J connectivity index is 2.60. The standard InChI is InChI=1S/C14H17FO3S2/c1-20(17,18)9-8-19-11-12-5-6-14(15)13(10-12)4-2-3-7-16/h5-6,10,16H,3,7-9,11H2,1H3. The van der Waals surface area contributed by atoms with Crippen molar-refractivity contribution in [1.29, 1.82) is 0 Å². The number of aliphatic hydroxyl groups excluding tert-OH is 1. The maximum Gasteiger partial charge on any atom is 0.148 e. The van der Waals surface area contributed by atoms with E-state index in [0.29, 0.717) is 23.5 Å². The molecule has 0 aliphatic carbocycles. The van der Waals surface area contributed by atoms with Crippen LogP contribution in [-0.4, -0.2) is 37.9 Å². The van der Waals surface area contributed by atoms with Crippen molar-refractivity contribution in [1.82, 2.24) is 0 Å². The van der Waals surface area contributed by atoms with Gasteiger partial charge in [0.15, 0.2) is 0 Å². The lowest BCUT2D eigenvalue weighted by Gasteiger charge is -2.03. The minimum absolute atomic E-state index is 0.0460. The van der Waals surface area contributed by atoms with Gasteiger partial charge in [0, 0.05) is 24.2 Å². The lowest BCUT2D eigenvalue weighted by atomic mass is 10.1. The van der Waals surface area contributed by atoms with Gasteiger partial charge in [0.1, 0.15) is 15.7 Å².